The predicted molar refractivity (Wildman–Crippen MR) is 129 cm³/mol. The SMILES string of the molecule is C#Cc1nc(NC(=O)NN(C(=O)OCC)c2ccc(-c3cccc4cnccc34)cc2)cs1. The molecule has 0 aliphatic heterocycles. The number of nitrogens with one attached hydrogen (secondary N) is 2. The van der Waals surface area contributed by atoms with Crippen LogP contribution in [0.15, 0.2) is 66.3 Å². The van der Waals surface area contributed by atoms with Gasteiger partial charge in [-0.05, 0) is 47.6 Å². The van der Waals surface area contributed by atoms with E-state index in [4.69, 9.17) is 11.2 Å². The van der Waals surface area contributed by atoms with Crippen molar-refractivity contribution in [2.45, 2.75) is 6.92 Å². The lowest BCUT2D eigenvalue weighted by molar-refractivity contribution is 0.156. The fourth-order valence-electron chi connectivity index (χ4n) is 3.21. The van der Waals surface area contributed by atoms with Crippen molar-refractivity contribution < 1.29 is 14.3 Å². The number of hydrazine groups is 1. The van der Waals surface area contributed by atoms with Crippen molar-refractivity contribution in [1.82, 2.24) is 15.4 Å². The number of anilines is 2. The average molecular weight is 458 g/mol. The summed E-state index contributed by atoms with van der Waals surface area (Å²) in [4.78, 5) is 33.2. The average Bonchev–Trinajstić information content (AvgIpc) is 3.30. The molecule has 2 aromatic carbocycles. The van der Waals surface area contributed by atoms with E-state index in [2.05, 4.69) is 26.6 Å². The van der Waals surface area contributed by atoms with E-state index in [1.165, 1.54) is 11.3 Å². The molecule has 2 N–H and O–H groups in total. The molecule has 0 saturated heterocycles. The van der Waals surface area contributed by atoms with Crippen LogP contribution in [-0.2, 0) is 4.74 Å². The summed E-state index contributed by atoms with van der Waals surface area (Å²) < 4.78 is 5.10. The number of hydrogen-bond donors (Lipinski definition) is 2. The van der Waals surface area contributed by atoms with E-state index in [-0.39, 0.29) is 12.4 Å². The monoisotopic (exact) mass is 457 g/mol. The van der Waals surface area contributed by atoms with Crippen LogP contribution < -0.4 is 15.8 Å². The van der Waals surface area contributed by atoms with Crippen molar-refractivity contribution in [1.29, 1.82) is 0 Å². The molecule has 0 bridgehead atoms. The Hall–Kier alpha value is -4.42. The third-order valence-electron chi connectivity index (χ3n) is 4.65. The first-order chi connectivity index (χ1) is 16.1. The normalized spacial score (nSPS) is 10.3. The zero-order valence-electron chi connectivity index (χ0n) is 17.6. The number of thiazole rings is 1. The summed E-state index contributed by atoms with van der Waals surface area (Å²) in [5, 5.41) is 7.72. The van der Waals surface area contributed by atoms with Gasteiger partial charge in [0.15, 0.2) is 5.01 Å². The molecule has 0 spiro atoms. The Morgan fingerprint density at radius 2 is 2.00 bits per heavy atom. The molecule has 0 aliphatic carbocycles. The minimum atomic E-state index is -0.723. The minimum Gasteiger partial charge on any atom is -0.448 e. The van der Waals surface area contributed by atoms with Crippen LogP contribution in [0.25, 0.3) is 21.9 Å². The van der Waals surface area contributed by atoms with Crippen LogP contribution in [0.3, 0.4) is 0 Å². The lowest BCUT2D eigenvalue weighted by Gasteiger charge is -2.22. The fraction of sp³-hybridized carbons (Fsp3) is 0.0833. The van der Waals surface area contributed by atoms with Crippen molar-refractivity contribution >= 4 is 45.7 Å². The van der Waals surface area contributed by atoms with Crippen molar-refractivity contribution in [3.8, 4) is 23.5 Å². The molecule has 4 aromatic rings. The molecule has 0 aliphatic rings. The maximum absolute atomic E-state index is 12.5. The number of fused-ring (bicyclic) bond motifs is 1. The Morgan fingerprint density at radius 1 is 1.18 bits per heavy atom. The van der Waals surface area contributed by atoms with Gasteiger partial charge in [-0.15, -0.1) is 17.8 Å². The third kappa shape index (κ3) is 4.92. The molecule has 164 valence electrons. The number of pyridine rings is 1. The van der Waals surface area contributed by atoms with Crippen molar-refractivity contribution in [2.24, 2.45) is 0 Å². The summed E-state index contributed by atoms with van der Waals surface area (Å²) in [6.07, 6.45) is 8.15. The number of nitrogens with zero attached hydrogens (tertiary/aromatic N) is 3. The number of terminal acetylenes is 1. The van der Waals surface area contributed by atoms with Crippen LogP contribution in [0.4, 0.5) is 21.1 Å². The predicted octanol–water partition coefficient (Wildman–Crippen LogP) is 5.04. The number of carbonyl (C=O) groups is 2. The topological polar surface area (TPSA) is 96.5 Å². The molecule has 9 heteroatoms. The van der Waals surface area contributed by atoms with Gasteiger partial charge in [0.25, 0.3) is 0 Å². The van der Waals surface area contributed by atoms with E-state index >= 15 is 0 Å². The number of carbonyl (C=O) groups excluding carboxylic acids is 2. The Kier molecular flexibility index (Phi) is 6.48. The van der Waals surface area contributed by atoms with Gasteiger partial charge in [0.2, 0.25) is 0 Å². The molecule has 0 radical (unpaired) electrons. The molecule has 3 amide bonds. The van der Waals surface area contributed by atoms with E-state index < -0.39 is 12.1 Å². The number of rotatable bonds is 4. The van der Waals surface area contributed by atoms with Gasteiger partial charge in [-0.2, -0.15) is 5.01 Å². The van der Waals surface area contributed by atoms with Crippen molar-refractivity contribution in [2.75, 3.05) is 16.9 Å². The van der Waals surface area contributed by atoms with Crippen LogP contribution in [-0.4, -0.2) is 28.7 Å². The van der Waals surface area contributed by atoms with E-state index in [9.17, 15) is 9.59 Å². The standard InChI is InChI=1S/C24H19N5O3S/c1-3-22-26-21(15-33-22)27-23(30)28-29(24(31)32-4-2)18-10-8-16(9-11-18)19-7-5-6-17-14-25-13-12-20(17)19/h1,5-15H,4H2,2H3,(H2,27,28,30). The zero-order chi connectivity index (χ0) is 23.2. The van der Waals surface area contributed by atoms with Crippen LogP contribution >= 0.6 is 11.3 Å². The van der Waals surface area contributed by atoms with Gasteiger partial charge in [-0.25, -0.2) is 20.0 Å². The summed E-state index contributed by atoms with van der Waals surface area (Å²) in [6.45, 7) is 1.84. The van der Waals surface area contributed by atoms with Gasteiger partial charge < -0.3 is 4.74 Å². The second-order valence-electron chi connectivity index (χ2n) is 6.73. The first-order valence-corrected chi connectivity index (χ1v) is 10.9. The largest absolute Gasteiger partial charge is 0.448 e. The number of ether oxygens (including phenoxy) is 1. The molecule has 0 unspecified atom stereocenters. The molecule has 0 atom stereocenters. The first kappa shape index (κ1) is 21.8. The van der Waals surface area contributed by atoms with Crippen molar-refractivity contribution in [3.05, 3.63) is 71.3 Å². The van der Waals surface area contributed by atoms with E-state index in [1.54, 1.807) is 30.6 Å². The van der Waals surface area contributed by atoms with Gasteiger partial charge in [0.05, 0.1) is 12.3 Å². The van der Waals surface area contributed by atoms with Crippen LogP contribution in [0, 0.1) is 12.3 Å². The Morgan fingerprint density at radius 3 is 2.73 bits per heavy atom. The molecule has 0 fully saturated rings. The zero-order valence-corrected chi connectivity index (χ0v) is 18.4. The summed E-state index contributed by atoms with van der Waals surface area (Å²) in [5.41, 5.74) is 4.91. The molecular weight excluding hydrogens is 438 g/mol. The Bertz CT molecular complexity index is 1340. The number of hydrogen-bond acceptors (Lipinski definition) is 6. The first-order valence-electron chi connectivity index (χ1n) is 9.99. The lowest BCUT2D eigenvalue weighted by atomic mass is 9.99. The van der Waals surface area contributed by atoms with Crippen LogP contribution in [0.1, 0.15) is 11.9 Å². The van der Waals surface area contributed by atoms with Crippen LogP contribution in [0.5, 0.6) is 0 Å². The maximum atomic E-state index is 12.5. The Balaban J connectivity index is 1.57. The number of amides is 3. The highest BCUT2D eigenvalue weighted by Crippen LogP contribution is 2.29. The quantitative estimate of drug-likeness (QED) is 0.331. The third-order valence-corrected chi connectivity index (χ3v) is 5.42. The number of urea groups is 1. The molecule has 2 aromatic heterocycles. The highest BCUT2D eigenvalue weighted by molar-refractivity contribution is 7.10. The Labute approximate surface area is 194 Å². The molecular formula is C24H19N5O3S. The molecule has 33 heavy (non-hydrogen) atoms. The van der Waals surface area contributed by atoms with Gasteiger partial charge in [-0.1, -0.05) is 30.3 Å². The van der Waals surface area contributed by atoms with E-state index in [0.717, 1.165) is 26.9 Å². The van der Waals surface area contributed by atoms with E-state index in [1.807, 2.05) is 42.6 Å². The summed E-state index contributed by atoms with van der Waals surface area (Å²) in [5.74, 6) is 2.69. The number of aromatic nitrogens is 2. The fourth-order valence-corrected chi connectivity index (χ4v) is 3.77. The lowest BCUT2D eigenvalue weighted by Crippen LogP contribution is -2.48. The summed E-state index contributed by atoms with van der Waals surface area (Å²) >= 11 is 1.22. The summed E-state index contributed by atoms with van der Waals surface area (Å²) in [6, 6.07) is 14.5. The highest BCUT2D eigenvalue weighted by Gasteiger charge is 2.20. The smallest absolute Gasteiger partial charge is 0.433 e. The van der Waals surface area contributed by atoms with Gasteiger partial charge >= 0.3 is 12.1 Å². The molecule has 4 rings (SSSR count). The van der Waals surface area contributed by atoms with Gasteiger partial charge in [0.1, 0.15) is 5.82 Å². The van der Waals surface area contributed by atoms with E-state index in [0.29, 0.717) is 10.7 Å². The molecule has 0 saturated carbocycles. The second-order valence-corrected chi connectivity index (χ2v) is 7.59. The van der Waals surface area contributed by atoms with Crippen LogP contribution in [0.2, 0.25) is 0 Å². The maximum Gasteiger partial charge on any atom is 0.433 e. The number of benzene rings is 2. The second kappa shape index (κ2) is 9.80. The van der Waals surface area contributed by atoms with Crippen molar-refractivity contribution in [3.63, 3.8) is 0 Å². The highest BCUT2D eigenvalue weighted by atomic mass is 32.1. The van der Waals surface area contributed by atoms with Gasteiger partial charge in [0, 0.05) is 23.2 Å². The summed E-state index contributed by atoms with van der Waals surface area (Å²) in [7, 11) is 0. The molecule has 2 heterocycles. The van der Waals surface area contributed by atoms with Gasteiger partial charge in [-0.3, -0.25) is 10.3 Å². The molecule has 8 nitrogen and oxygen atoms in total. The minimum absolute atomic E-state index is 0.151.